The van der Waals surface area contributed by atoms with Crippen molar-refractivity contribution in [3.63, 3.8) is 0 Å². The summed E-state index contributed by atoms with van der Waals surface area (Å²) < 4.78 is 62.5. The Kier molecular flexibility index (Phi) is 3.50. The van der Waals surface area contributed by atoms with Gasteiger partial charge in [-0.15, -0.1) is 0 Å². The van der Waals surface area contributed by atoms with Crippen molar-refractivity contribution in [2.45, 2.75) is 12.6 Å². The van der Waals surface area contributed by atoms with Crippen LogP contribution in [0.2, 0.25) is 0 Å². The molecule has 18 heavy (non-hydrogen) atoms. The minimum atomic E-state index is -5.25. The van der Waals surface area contributed by atoms with Crippen LogP contribution in [0, 0.1) is 11.3 Å². The van der Waals surface area contributed by atoms with E-state index in [1.807, 2.05) is 0 Å². The van der Waals surface area contributed by atoms with Gasteiger partial charge in [0.2, 0.25) is 0 Å². The van der Waals surface area contributed by atoms with Crippen molar-refractivity contribution in [2.75, 3.05) is 0 Å². The second-order valence-electron chi connectivity index (χ2n) is 3.04. The monoisotopic (exact) mass is 266 g/mol. The molecule has 0 unspecified atom stereocenters. The second kappa shape index (κ2) is 4.56. The molecule has 0 aromatic carbocycles. The standard InChI is InChI=1S/C9H3F5N2O2/c10-7(11)4-1-3(2-15)16-6(9(12,13)14)5(4)8(17)18/h1,7H,(H,17,18). The van der Waals surface area contributed by atoms with Crippen molar-refractivity contribution < 1.29 is 31.9 Å². The summed E-state index contributed by atoms with van der Waals surface area (Å²) in [4.78, 5) is 13.4. The first-order valence-corrected chi connectivity index (χ1v) is 4.22. The molecule has 9 heteroatoms. The molecule has 0 aliphatic heterocycles. The fourth-order valence-corrected chi connectivity index (χ4v) is 1.22. The van der Waals surface area contributed by atoms with E-state index < -0.39 is 41.1 Å². The van der Waals surface area contributed by atoms with E-state index >= 15 is 0 Å². The molecule has 0 fully saturated rings. The van der Waals surface area contributed by atoms with Gasteiger partial charge in [-0.05, 0) is 6.07 Å². The first kappa shape index (κ1) is 13.8. The molecule has 1 aromatic rings. The van der Waals surface area contributed by atoms with Gasteiger partial charge in [-0.3, -0.25) is 0 Å². The Balaban J connectivity index is 3.73. The van der Waals surface area contributed by atoms with Gasteiger partial charge >= 0.3 is 12.1 Å². The summed E-state index contributed by atoms with van der Waals surface area (Å²) >= 11 is 0. The first-order chi connectivity index (χ1) is 8.18. The van der Waals surface area contributed by atoms with Crippen molar-refractivity contribution in [1.82, 2.24) is 4.98 Å². The largest absolute Gasteiger partial charge is 0.478 e. The molecule has 1 heterocycles. The van der Waals surface area contributed by atoms with E-state index in [2.05, 4.69) is 4.98 Å². The van der Waals surface area contributed by atoms with E-state index in [-0.39, 0.29) is 0 Å². The fraction of sp³-hybridized carbons (Fsp3) is 0.222. The highest BCUT2D eigenvalue weighted by atomic mass is 19.4. The summed E-state index contributed by atoms with van der Waals surface area (Å²) in [5.41, 5.74) is -5.97. The smallest absolute Gasteiger partial charge is 0.434 e. The van der Waals surface area contributed by atoms with Crippen LogP contribution in [0.3, 0.4) is 0 Å². The van der Waals surface area contributed by atoms with Gasteiger partial charge in [0.1, 0.15) is 11.8 Å². The average Bonchev–Trinajstić information content (AvgIpc) is 2.25. The van der Waals surface area contributed by atoms with Crippen molar-refractivity contribution in [3.8, 4) is 6.07 Å². The number of carboxylic acid groups (broad SMARTS) is 1. The highest BCUT2D eigenvalue weighted by Gasteiger charge is 2.40. The topological polar surface area (TPSA) is 74.0 Å². The number of aromatic carboxylic acids is 1. The molecule has 0 aliphatic carbocycles. The van der Waals surface area contributed by atoms with Gasteiger partial charge in [-0.2, -0.15) is 18.4 Å². The third-order valence-corrected chi connectivity index (χ3v) is 1.88. The molecule has 0 radical (unpaired) electrons. The van der Waals surface area contributed by atoms with E-state index in [4.69, 9.17) is 10.4 Å². The maximum Gasteiger partial charge on any atom is 0.434 e. The highest BCUT2D eigenvalue weighted by molar-refractivity contribution is 5.91. The summed E-state index contributed by atoms with van der Waals surface area (Å²) in [6.07, 6.45) is -8.71. The Morgan fingerprint density at radius 1 is 1.44 bits per heavy atom. The lowest BCUT2D eigenvalue weighted by atomic mass is 10.0. The number of alkyl halides is 5. The molecule has 1 N–H and O–H groups in total. The molecule has 0 bridgehead atoms. The number of hydrogen-bond acceptors (Lipinski definition) is 3. The molecule has 0 atom stereocenters. The summed E-state index contributed by atoms with van der Waals surface area (Å²) in [5, 5.41) is 17.0. The zero-order chi connectivity index (χ0) is 14.1. The molecule has 0 aliphatic rings. The van der Waals surface area contributed by atoms with Crippen LogP contribution < -0.4 is 0 Å². The van der Waals surface area contributed by atoms with Gasteiger partial charge in [0.05, 0.1) is 5.56 Å². The fourth-order valence-electron chi connectivity index (χ4n) is 1.22. The summed E-state index contributed by atoms with van der Waals surface area (Å²) in [5.74, 6) is -2.19. The van der Waals surface area contributed by atoms with Crippen LogP contribution in [0.5, 0.6) is 0 Å². The highest BCUT2D eigenvalue weighted by Crippen LogP contribution is 2.35. The second-order valence-corrected chi connectivity index (χ2v) is 3.04. The number of rotatable bonds is 2. The third kappa shape index (κ3) is 2.53. The van der Waals surface area contributed by atoms with Crippen LogP contribution >= 0.6 is 0 Å². The Hall–Kier alpha value is -2.24. The van der Waals surface area contributed by atoms with Crippen LogP contribution in [-0.4, -0.2) is 16.1 Å². The summed E-state index contributed by atoms with van der Waals surface area (Å²) in [6, 6.07) is 1.49. The van der Waals surface area contributed by atoms with Crippen LogP contribution in [-0.2, 0) is 6.18 Å². The Labute approximate surface area is 96.3 Å². The van der Waals surface area contributed by atoms with Crippen molar-refractivity contribution in [2.24, 2.45) is 0 Å². The van der Waals surface area contributed by atoms with Crippen LogP contribution in [0.15, 0.2) is 6.07 Å². The van der Waals surface area contributed by atoms with E-state index in [9.17, 15) is 26.7 Å². The van der Waals surface area contributed by atoms with E-state index in [1.54, 1.807) is 0 Å². The lowest BCUT2D eigenvalue weighted by Crippen LogP contribution is -2.19. The zero-order valence-electron chi connectivity index (χ0n) is 8.29. The van der Waals surface area contributed by atoms with Gasteiger partial charge < -0.3 is 5.11 Å². The molecular formula is C9H3F5N2O2. The SMILES string of the molecule is N#Cc1cc(C(F)F)c(C(=O)O)c(C(F)(F)F)n1. The number of nitrogens with zero attached hydrogens (tertiary/aromatic N) is 2. The Bertz CT molecular complexity index is 533. The van der Waals surface area contributed by atoms with Crippen LogP contribution in [0.1, 0.15) is 33.7 Å². The molecule has 1 rings (SSSR count). The van der Waals surface area contributed by atoms with Gasteiger partial charge in [-0.1, -0.05) is 0 Å². The first-order valence-electron chi connectivity index (χ1n) is 4.22. The number of aromatic nitrogens is 1. The molecule has 0 spiro atoms. The minimum Gasteiger partial charge on any atom is -0.478 e. The number of nitriles is 1. The number of pyridine rings is 1. The maximum absolute atomic E-state index is 12.5. The van der Waals surface area contributed by atoms with Crippen molar-refractivity contribution >= 4 is 5.97 Å². The zero-order valence-corrected chi connectivity index (χ0v) is 8.29. The molecule has 96 valence electrons. The van der Waals surface area contributed by atoms with Gasteiger partial charge in [-0.25, -0.2) is 18.6 Å². The molecule has 0 amide bonds. The minimum absolute atomic E-state index is 0.323. The molecule has 0 saturated carbocycles. The van der Waals surface area contributed by atoms with Gasteiger partial charge in [0.25, 0.3) is 6.43 Å². The molecule has 0 saturated heterocycles. The number of hydrogen-bond donors (Lipinski definition) is 1. The average molecular weight is 266 g/mol. The number of carbonyl (C=O) groups is 1. The van der Waals surface area contributed by atoms with Crippen molar-refractivity contribution in [3.05, 3.63) is 28.6 Å². The number of halogens is 5. The van der Waals surface area contributed by atoms with Gasteiger partial charge in [0, 0.05) is 5.56 Å². The summed E-state index contributed by atoms with van der Waals surface area (Å²) in [7, 11) is 0. The molecule has 4 nitrogen and oxygen atoms in total. The maximum atomic E-state index is 12.5. The quantitative estimate of drug-likeness (QED) is 0.835. The lowest BCUT2D eigenvalue weighted by molar-refractivity contribution is -0.141. The van der Waals surface area contributed by atoms with Crippen LogP contribution in [0.25, 0.3) is 0 Å². The van der Waals surface area contributed by atoms with E-state index in [0.29, 0.717) is 6.07 Å². The predicted octanol–water partition coefficient (Wildman–Crippen LogP) is 2.61. The molecule has 1 aromatic heterocycles. The lowest BCUT2D eigenvalue weighted by Gasteiger charge is -2.13. The predicted molar refractivity (Wildman–Crippen MR) is 45.9 cm³/mol. The molecular weight excluding hydrogens is 263 g/mol. The Morgan fingerprint density at radius 2 is 2.00 bits per heavy atom. The van der Waals surface area contributed by atoms with Crippen molar-refractivity contribution in [1.29, 1.82) is 5.26 Å². The number of carboxylic acids is 1. The Morgan fingerprint density at radius 3 is 2.33 bits per heavy atom. The van der Waals surface area contributed by atoms with Gasteiger partial charge in [0.15, 0.2) is 5.69 Å². The van der Waals surface area contributed by atoms with E-state index in [0.717, 1.165) is 6.07 Å². The summed E-state index contributed by atoms with van der Waals surface area (Å²) in [6.45, 7) is 0. The van der Waals surface area contributed by atoms with E-state index in [1.165, 1.54) is 0 Å². The van der Waals surface area contributed by atoms with Crippen LogP contribution in [0.4, 0.5) is 22.0 Å². The third-order valence-electron chi connectivity index (χ3n) is 1.88. The normalized spacial score (nSPS) is 11.4.